The summed E-state index contributed by atoms with van der Waals surface area (Å²) < 4.78 is 0. The van der Waals surface area contributed by atoms with Crippen LogP contribution in [0.25, 0.3) is 11.0 Å². The lowest BCUT2D eigenvalue weighted by Crippen LogP contribution is -2.24. The van der Waals surface area contributed by atoms with Crippen molar-refractivity contribution in [2.24, 2.45) is 0 Å². The lowest BCUT2D eigenvalue weighted by atomic mass is 9.92. The molecular weight excluding hydrogens is 522 g/mol. The Morgan fingerprint density at radius 3 is 2.38 bits per heavy atom. The molecule has 0 spiro atoms. The van der Waals surface area contributed by atoms with E-state index in [0.717, 1.165) is 5.56 Å². The molecule has 0 fully saturated rings. The summed E-state index contributed by atoms with van der Waals surface area (Å²) in [6.07, 6.45) is 0.990. The van der Waals surface area contributed by atoms with E-state index in [2.05, 4.69) is 35.6 Å². The molecule has 1 aromatic carbocycles. The fraction of sp³-hybridized carbons (Fsp3) is 0.240. The molecule has 10 N–H and O–H groups in total. The van der Waals surface area contributed by atoms with Crippen molar-refractivity contribution in [1.29, 1.82) is 0 Å². The Hall–Kier alpha value is -5.47. The minimum atomic E-state index is -1.09. The van der Waals surface area contributed by atoms with E-state index >= 15 is 0 Å². The van der Waals surface area contributed by atoms with E-state index < -0.39 is 28.9 Å². The molecule has 1 aliphatic heterocycles. The van der Waals surface area contributed by atoms with Crippen LogP contribution in [0.2, 0.25) is 0 Å². The summed E-state index contributed by atoms with van der Waals surface area (Å²) in [6.45, 7) is 0.242. The number of carboxylic acid groups (broad SMARTS) is 1. The van der Waals surface area contributed by atoms with Crippen LogP contribution in [0.15, 0.2) is 33.9 Å². The molecule has 0 aliphatic carbocycles. The Morgan fingerprint density at radius 2 is 1.65 bits per heavy atom. The molecule has 1 aliphatic rings. The molecule has 15 nitrogen and oxygen atoms in total. The topological polar surface area (TPSA) is 255 Å². The number of carbonyl (C=O) groups is 3. The molecule has 40 heavy (non-hydrogen) atoms. The van der Waals surface area contributed by atoms with Gasteiger partial charge in [0.2, 0.25) is 17.8 Å². The minimum Gasteiger partial charge on any atom is -0.481 e. The van der Waals surface area contributed by atoms with Crippen LogP contribution >= 0.6 is 0 Å². The summed E-state index contributed by atoms with van der Waals surface area (Å²) >= 11 is 0. The molecule has 0 radical (unpaired) electrons. The smallest absolute Gasteiger partial charge is 0.303 e. The first-order valence-electron chi connectivity index (χ1n) is 12.3. The predicted molar refractivity (Wildman–Crippen MR) is 144 cm³/mol. The lowest BCUT2D eigenvalue weighted by Gasteiger charge is -2.11. The highest BCUT2D eigenvalue weighted by Crippen LogP contribution is 2.37. The van der Waals surface area contributed by atoms with E-state index in [9.17, 15) is 24.0 Å². The van der Waals surface area contributed by atoms with Gasteiger partial charge in [0.05, 0.1) is 10.9 Å². The van der Waals surface area contributed by atoms with Gasteiger partial charge < -0.3 is 42.2 Å². The van der Waals surface area contributed by atoms with E-state index in [1.807, 2.05) is 0 Å². The van der Waals surface area contributed by atoms with E-state index in [0.29, 0.717) is 29.7 Å². The van der Waals surface area contributed by atoms with Crippen molar-refractivity contribution >= 4 is 46.5 Å². The zero-order chi connectivity index (χ0) is 28.6. The Labute approximate surface area is 224 Å². The number of nitrogen functional groups attached to an aromatic ring is 2. The normalized spacial score (nSPS) is 14.2. The van der Waals surface area contributed by atoms with Gasteiger partial charge in [0.1, 0.15) is 17.4 Å². The monoisotopic (exact) mass is 547 g/mol. The van der Waals surface area contributed by atoms with Gasteiger partial charge in [-0.25, -0.2) is 0 Å². The summed E-state index contributed by atoms with van der Waals surface area (Å²) in [5.41, 5.74) is 12.5. The molecule has 0 saturated carbocycles. The van der Waals surface area contributed by atoms with E-state index in [4.69, 9.17) is 16.6 Å². The standard InChI is InChI=1S/C25H25N9O6/c26-24-31-18-14(21(38)33-24)12(17(29-18)15-16-19(30-22(15)39)32-25(27)34-23(16)40)8-5-10-3-6-11(7-4-10)20(37)28-9-1-2-13(35)36/h3-4,6-7,15H,1-2,5,8-9H2,(H,28,37)(H,35,36)(H4,26,29,31,33,38)(H4,27,30,32,34,39,40)/t15-/m1/s1. The number of carbonyl (C=O) groups excluding carboxylic acids is 2. The highest BCUT2D eigenvalue weighted by atomic mass is 16.4. The maximum absolute atomic E-state index is 13.0. The number of nitrogens with zero attached hydrogens (tertiary/aromatic N) is 2. The summed E-state index contributed by atoms with van der Waals surface area (Å²) in [7, 11) is 0. The number of H-pyrrole nitrogens is 3. The number of aryl methyl sites for hydroxylation is 2. The number of fused-ring (bicyclic) bond motifs is 2. The molecule has 15 heteroatoms. The predicted octanol–water partition coefficient (Wildman–Crippen LogP) is -0.0373. The van der Waals surface area contributed by atoms with Crippen molar-refractivity contribution in [3.05, 3.63) is 72.9 Å². The van der Waals surface area contributed by atoms with Gasteiger partial charge in [0.15, 0.2) is 0 Å². The molecule has 3 aromatic heterocycles. The molecule has 0 bridgehead atoms. The molecular formula is C25H25N9O6. The second-order valence-electron chi connectivity index (χ2n) is 9.28. The van der Waals surface area contributed by atoms with Crippen LogP contribution in [0, 0.1) is 0 Å². The molecule has 0 unspecified atom stereocenters. The number of amides is 2. The summed E-state index contributed by atoms with van der Waals surface area (Å²) in [4.78, 5) is 77.6. The van der Waals surface area contributed by atoms with Crippen molar-refractivity contribution in [2.75, 3.05) is 23.3 Å². The molecule has 2 amide bonds. The maximum Gasteiger partial charge on any atom is 0.303 e. The molecule has 1 atom stereocenters. The van der Waals surface area contributed by atoms with Crippen molar-refractivity contribution in [1.82, 2.24) is 30.2 Å². The summed E-state index contributed by atoms with van der Waals surface area (Å²) in [5, 5.41) is 14.2. The summed E-state index contributed by atoms with van der Waals surface area (Å²) in [6, 6.07) is 6.80. The van der Waals surface area contributed by atoms with Crippen molar-refractivity contribution in [3.63, 3.8) is 0 Å². The second kappa shape index (κ2) is 10.4. The highest BCUT2D eigenvalue weighted by Gasteiger charge is 2.39. The Morgan fingerprint density at radius 1 is 0.950 bits per heavy atom. The van der Waals surface area contributed by atoms with Gasteiger partial charge in [-0.2, -0.15) is 9.97 Å². The Kier molecular flexibility index (Phi) is 6.77. The van der Waals surface area contributed by atoms with Gasteiger partial charge in [0, 0.05) is 24.2 Å². The second-order valence-corrected chi connectivity index (χ2v) is 9.28. The number of rotatable bonds is 9. The zero-order valence-corrected chi connectivity index (χ0v) is 21.0. The number of benzene rings is 1. The van der Waals surface area contributed by atoms with Crippen molar-refractivity contribution in [3.8, 4) is 0 Å². The number of hydrogen-bond donors (Lipinski definition) is 8. The first-order chi connectivity index (χ1) is 19.1. The molecule has 5 rings (SSSR count). The van der Waals surface area contributed by atoms with Crippen molar-refractivity contribution < 1.29 is 19.5 Å². The van der Waals surface area contributed by atoms with Crippen LogP contribution < -0.4 is 33.2 Å². The number of anilines is 3. The van der Waals surface area contributed by atoms with Crippen LogP contribution in [0.1, 0.15) is 51.5 Å². The van der Waals surface area contributed by atoms with Gasteiger partial charge in [0.25, 0.3) is 17.0 Å². The van der Waals surface area contributed by atoms with E-state index in [1.165, 1.54) is 0 Å². The van der Waals surface area contributed by atoms with E-state index in [1.54, 1.807) is 24.3 Å². The van der Waals surface area contributed by atoms with Crippen LogP contribution in [0.3, 0.4) is 0 Å². The lowest BCUT2D eigenvalue weighted by molar-refractivity contribution is -0.137. The third-order valence-corrected chi connectivity index (χ3v) is 6.62. The molecule has 0 saturated heterocycles. The Bertz CT molecular complexity index is 1770. The van der Waals surface area contributed by atoms with Crippen LogP contribution in [0.5, 0.6) is 0 Å². The van der Waals surface area contributed by atoms with Gasteiger partial charge >= 0.3 is 5.97 Å². The van der Waals surface area contributed by atoms with Gasteiger partial charge in [-0.15, -0.1) is 0 Å². The quantitative estimate of drug-likeness (QED) is 0.130. The highest BCUT2D eigenvalue weighted by molar-refractivity contribution is 6.04. The molecule has 4 heterocycles. The number of carboxylic acids is 1. The molecule has 206 valence electrons. The Balaban J connectivity index is 1.43. The number of nitrogens with one attached hydrogen (secondary N) is 5. The zero-order valence-electron chi connectivity index (χ0n) is 21.0. The maximum atomic E-state index is 13.0. The fourth-order valence-corrected chi connectivity index (χ4v) is 4.82. The van der Waals surface area contributed by atoms with Crippen molar-refractivity contribution in [2.45, 2.75) is 31.6 Å². The number of hydrogen-bond acceptors (Lipinski definition) is 9. The first kappa shape index (κ1) is 26.1. The van der Waals surface area contributed by atoms with Gasteiger partial charge in [-0.1, -0.05) is 12.1 Å². The molecule has 4 aromatic rings. The summed E-state index contributed by atoms with van der Waals surface area (Å²) in [5.74, 6) is -2.96. The average molecular weight is 548 g/mol. The van der Waals surface area contributed by atoms with Crippen LogP contribution in [-0.4, -0.2) is 54.4 Å². The number of aromatic nitrogens is 5. The fourth-order valence-electron chi connectivity index (χ4n) is 4.82. The SMILES string of the molecule is Nc1nc(=O)c2c([nH]1)NC(=O)[C@H]2c1[nH]c2[nH]c(N)nc(=O)c2c1CCc1ccc(C(=O)NCCCC(=O)O)cc1. The number of aliphatic carboxylic acids is 1. The van der Waals surface area contributed by atoms with Crippen LogP contribution in [0.4, 0.5) is 17.7 Å². The average Bonchev–Trinajstić information content (AvgIpc) is 3.41. The first-order valence-corrected chi connectivity index (χ1v) is 12.3. The van der Waals surface area contributed by atoms with Crippen LogP contribution in [-0.2, 0) is 22.4 Å². The largest absolute Gasteiger partial charge is 0.481 e. The van der Waals surface area contributed by atoms with Gasteiger partial charge in [-0.3, -0.25) is 24.0 Å². The minimum absolute atomic E-state index is 0.0347. The van der Waals surface area contributed by atoms with Gasteiger partial charge in [-0.05, 0) is 42.5 Å². The number of nitrogens with two attached hydrogens (primary N) is 2. The van der Waals surface area contributed by atoms with E-state index in [-0.39, 0.29) is 59.6 Å². The third-order valence-electron chi connectivity index (χ3n) is 6.62. The third kappa shape index (κ3) is 4.99. The number of aromatic amines is 3.